The van der Waals surface area contributed by atoms with Gasteiger partial charge in [-0.05, 0) is 44.0 Å². The lowest BCUT2D eigenvalue weighted by molar-refractivity contribution is 0.134. The molecule has 1 fully saturated rings. The Balaban J connectivity index is 1.68. The Morgan fingerprint density at radius 3 is 2.90 bits per heavy atom. The van der Waals surface area contributed by atoms with Gasteiger partial charge in [-0.25, -0.2) is 0 Å². The highest BCUT2D eigenvalue weighted by Crippen LogP contribution is 2.31. The third-order valence-electron chi connectivity index (χ3n) is 4.11. The van der Waals surface area contributed by atoms with Crippen molar-refractivity contribution in [2.24, 2.45) is 0 Å². The number of hydrogen-bond donors (Lipinski definition) is 2. The maximum atomic E-state index is 10.4. The lowest BCUT2D eigenvalue weighted by Crippen LogP contribution is -2.31. The van der Waals surface area contributed by atoms with Crippen LogP contribution in [-0.2, 0) is 0 Å². The van der Waals surface area contributed by atoms with Crippen molar-refractivity contribution in [3.05, 3.63) is 28.9 Å². The van der Waals surface area contributed by atoms with E-state index >= 15 is 0 Å². The van der Waals surface area contributed by atoms with Crippen molar-refractivity contribution in [1.82, 2.24) is 15.1 Å². The molecule has 0 spiro atoms. The summed E-state index contributed by atoms with van der Waals surface area (Å²) < 4.78 is 0. The molecule has 1 aromatic carbocycles. The number of aromatic nitrogens is 2. The van der Waals surface area contributed by atoms with Crippen LogP contribution >= 0.6 is 11.6 Å². The highest BCUT2D eigenvalue weighted by molar-refractivity contribution is 6.36. The number of hydrogen-bond acceptors (Lipinski definition) is 3. The zero-order valence-corrected chi connectivity index (χ0v) is 12.2. The van der Waals surface area contributed by atoms with Crippen molar-refractivity contribution >= 4 is 22.5 Å². The molecule has 0 saturated carbocycles. The molecule has 1 saturated heterocycles. The molecule has 0 bridgehead atoms. The predicted octanol–water partition coefficient (Wildman–Crippen LogP) is 3.13. The maximum Gasteiger partial charge on any atom is 0.0816 e. The summed E-state index contributed by atoms with van der Waals surface area (Å²) in [5.74, 6) is 0. The van der Waals surface area contributed by atoms with Gasteiger partial charge >= 0.3 is 0 Å². The molecular weight excluding hydrogens is 274 g/mol. The highest BCUT2D eigenvalue weighted by atomic mass is 35.5. The molecule has 108 valence electrons. The second-order valence-electron chi connectivity index (χ2n) is 5.51. The third-order valence-corrected chi connectivity index (χ3v) is 4.54. The number of likely N-dealkylation sites (tertiary alicyclic amines) is 1. The average Bonchev–Trinajstić information content (AvgIpc) is 2.96. The van der Waals surface area contributed by atoms with Crippen LogP contribution in [0.1, 0.15) is 37.4 Å². The number of H-pyrrole nitrogens is 1. The number of aliphatic hydroxyl groups is 1. The molecule has 0 aliphatic carbocycles. The van der Waals surface area contributed by atoms with Crippen molar-refractivity contribution in [3.8, 4) is 0 Å². The molecule has 2 heterocycles. The van der Waals surface area contributed by atoms with Crippen LogP contribution in [0.4, 0.5) is 0 Å². The molecule has 3 rings (SSSR count). The van der Waals surface area contributed by atoms with E-state index in [1.807, 2.05) is 12.1 Å². The first-order valence-electron chi connectivity index (χ1n) is 7.27. The molecule has 0 radical (unpaired) electrons. The first kappa shape index (κ1) is 13.9. The summed E-state index contributed by atoms with van der Waals surface area (Å²) in [6.07, 6.45) is 5.81. The van der Waals surface area contributed by atoms with E-state index in [1.54, 1.807) is 6.20 Å². The van der Waals surface area contributed by atoms with Gasteiger partial charge in [-0.2, -0.15) is 5.10 Å². The first-order chi connectivity index (χ1) is 9.75. The molecule has 1 aromatic heterocycles. The number of nitrogens with zero attached hydrogens (tertiary/aromatic N) is 2. The summed E-state index contributed by atoms with van der Waals surface area (Å²) in [6.45, 7) is 3.24. The molecule has 2 aromatic rings. The lowest BCUT2D eigenvalue weighted by Gasteiger charge is -2.27. The van der Waals surface area contributed by atoms with Gasteiger partial charge in [0.1, 0.15) is 0 Å². The monoisotopic (exact) mass is 293 g/mol. The number of nitrogens with one attached hydrogen (secondary N) is 1. The predicted molar refractivity (Wildman–Crippen MR) is 81.0 cm³/mol. The largest absolute Gasteiger partial charge is 0.388 e. The molecule has 2 N–H and O–H groups in total. The fraction of sp³-hybridized carbons (Fsp3) is 0.533. The van der Waals surface area contributed by atoms with Gasteiger partial charge in [0.05, 0.1) is 22.8 Å². The normalized spacial score (nSPS) is 18.5. The van der Waals surface area contributed by atoms with Crippen LogP contribution in [0.25, 0.3) is 10.9 Å². The van der Waals surface area contributed by atoms with Crippen molar-refractivity contribution in [2.45, 2.75) is 31.8 Å². The molecular formula is C15H20ClN3O. The van der Waals surface area contributed by atoms with E-state index < -0.39 is 6.10 Å². The average molecular weight is 294 g/mol. The fourth-order valence-corrected chi connectivity index (χ4v) is 3.24. The molecule has 1 unspecified atom stereocenters. The number of halogens is 1. The molecule has 1 aliphatic heterocycles. The van der Waals surface area contributed by atoms with Gasteiger partial charge < -0.3 is 10.0 Å². The minimum Gasteiger partial charge on any atom is -0.388 e. The van der Waals surface area contributed by atoms with Crippen LogP contribution in [0.5, 0.6) is 0 Å². The Bertz CT molecular complexity index is 578. The first-order valence-corrected chi connectivity index (χ1v) is 7.65. The lowest BCUT2D eigenvalue weighted by atomic mass is 10.0. The maximum absolute atomic E-state index is 10.4. The summed E-state index contributed by atoms with van der Waals surface area (Å²) in [7, 11) is 0. The zero-order valence-electron chi connectivity index (χ0n) is 11.5. The standard InChI is InChI=1S/C15H20ClN3O/c16-15-11(4-5-13-12(15)10-17-18-13)14(20)6-9-19-7-2-1-3-8-19/h4-5,10,14,20H,1-3,6-9H2,(H,17,18). The number of fused-ring (bicyclic) bond motifs is 1. The third kappa shape index (κ3) is 2.82. The Labute approximate surface area is 123 Å². The summed E-state index contributed by atoms with van der Waals surface area (Å²) in [4.78, 5) is 2.43. The summed E-state index contributed by atoms with van der Waals surface area (Å²) in [6, 6.07) is 3.82. The Kier molecular flexibility index (Phi) is 4.24. The summed E-state index contributed by atoms with van der Waals surface area (Å²) in [5, 5.41) is 18.7. The fourth-order valence-electron chi connectivity index (χ4n) is 2.90. The Hall–Kier alpha value is -1.10. The topological polar surface area (TPSA) is 52.1 Å². The Morgan fingerprint density at radius 1 is 1.30 bits per heavy atom. The molecule has 0 amide bonds. The number of rotatable bonds is 4. The smallest absolute Gasteiger partial charge is 0.0816 e. The zero-order chi connectivity index (χ0) is 13.9. The number of benzene rings is 1. The number of aromatic amines is 1. The van der Waals surface area contributed by atoms with Crippen molar-refractivity contribution < 1.29 is 5.11 Å². The summed E-state index contributed by atoms with van der Waals surface area (Å²) in [5.41, 5.74) is 1.71. The molecule has 4 nitrogen and oxygen atoms in total. The number of piperidine rings is 1. The van der Waals surface area contributed by atoms with Crippen LogP contribution < -0.4 is 0 Å². The van der Waals surface area contributed by atoms with Crippen LogP contribution in [0.2, 0.25) is 5.02 Å². The van der Waals surface area contributed by atoms with E-state index in [9.17, 15) is 5.11 Å². The SMILES string of the molecule is OC(CCN1CCCCC1)c1ccc2[nH]ncc2c1Cl. The van der Waals surface area contributed by atoms with Gasteiger partial charge in [-0.1, -0.05) is 24.1 Å². The molecule has 20 heavy (non-hydrogen) atoms. The van der Waals surface area contributed by atoms with Gasteiger partial charge in [0, 0.05) is 11.9 Å². The van der Waals surface area contributed by atoms with E-state index in [4.69, 9.17) is 11.6 Å². The van der Waals surface area contributed by atoms with Crippen LogP contribution in [0, 0.1) is 0 Å². The molecule has 1 atom stereocenters. The van der Waals surface area contributed by atoms with Crippen LogP contribution in [0.15, 0.2) is 18.3 Å². The van der Waals surface area contributed by atoms with Crippen molar-refractivity contribution in [2.75, 3.05) is 19.6 Å². The second-order valence-corrected chi connectivity index (χ2v) is 5.88. The van der Waals surface area contributed by atoms with E-state index in [-0.39, 0.29) is 0 Å². The van der Waals surface area contributed by atoms with Gasteiger partial charge in [0.2, 0.25) is 0 Å². The van der Waals surface area contributed by atoms with Gasteiger partial charge in [0.25, 0.3) is 0 Å². The van der Waals surface area contributed by atoms with Gasteiger partial charge in [-0.15, -0.1) is 0 Å². The molecule has 5 heteroatoms. The van der Waals surface area contributed by atoms with Crippen molar-refractivity contribution in [3.63, 3.8) is 0 Å². The van der Waals surface area contributed by atoms with Gasteiger partial charge in [-0.3, -0.25) is 5.10 Å². The van der Waals surface area contributed by atoms with Gasteiger partial charge in [0.15, 0.2) is 0 Å². The minimum atomic E-state index is -0.510. The number of aliphatic hydroxyl groups excluding tert-OH is 1. The van der Waals surface area contributed by atoms with Crippen LogP contribution in [0.3, 0.4) is 0 Å². The van der Waals surface area contributed by atoms with E-state index in [0.717, 1.165) is 42.5 Å². The van der Waals surface area contributed by atoms with E-state index in [2.05, 4.69) is 15.1 Å². The quantitative estimate of drug-likeness (QED) is 0.910. The van der Waals surface area contributed by atoms with Crippen LogP contribution in [-0.4, -0.2) is 39.8 Å². The van der Waals surface area contributed by atoms with E-state index in [0.29, 0.717) is 5.02 Å². The highest BCUT2D eigenvalue weighted by Gasteiger charge is 2.17. The van der Waals surface area contributed by atoms with E-state index in [1.165, 1.54) is 19.3 Å². The minimum absolute atomic E-state index is 0.510. The van der Waals surface area contributed by atoms with Crippen molar-refractivity contribution in [1.29, 1.82) is 0 Å². The molecule has 1 aliphatic rings. The second kappa shape index (κ2) is 6.12. The Morgan fingerprint density at radius 2 is 2.10 bits per heavy atom. The summed E-state index contributed by atoms with van der Waals surface area (Å²) >= 11 is 6.37.